The summed E-state index contributed by atoms with van der Waals surface area (Å²) in [6.45, 7) is 1.34. The minimum Gasteiger partial charge on any atom is -0.496 e. The van der Waals surface area contributed by atoms with Crippen LogP contribution in [0.4, 0.5) is 0 Å². The molecule has 0 aliphatic heterocycles. The Hall–Kier alpha value is -1.55. The molecule has 2 fully saturated rings. The lowest BCUT2D eigenvalue weighted by Gasteiger charge is -2.29. The summed E-state index contributed by atoms with van der Waals surface area (Å²) >= 11 is 0. The van der Waals surface area contributed by atoms with E-state index in [1.807, 2.05) is 18.2 Å². The summed E-state index contributed by atoms with van der Waals surface area (Å²) in [7, 11) is 3.40. The molecule has 3 rings (SSSR count). The van der Waals surface area contributed by atoms with Crippen LogP contribution in [0.2, 0.25) is 0 Å². The summed E-state index contributed by atoms with van der Waals surface area (Å²) < 4.78 is 10.7. The van der Waals surface area contributed by atoms with Crippen molar-refractivity contribution in [3.05, 3.63) is 29.8 Å². The van der Waals surface area contributed by atoms with Crippen molar-refractivity contribution in [1.29, 1.82) is 0 Å². The van der Waals surface area contributed by atoms with E-state index in [0.29, 0.717) is 24.5 Å². The highest BCUT2D eigenvalue weighted by molar-refractivity contribution is 5.83. The summed E-state index contributed by atoms with van der Waals surface area (Å²) in [6, 6.07) is 8.49. The maximum absolute atomic E-state index is 13.0. The van der Waals surface area contributed by atoms with Gasteiger partial charge in [0.1, 0.15) is 5.75 Å². The van der Waals surface area contributed by atoms with Crippen molar-refractivity contribution in [2.45, 2.75) is 44.1 Å². The highest BCUT2D eigenvalue weighted by Gasteiger charge is 2.48. The Kier molecular flexibility index (Phi) is 5.21. The van der Waals surface area contributed by atoms with Gasteiger partial charge in [0, 0.05) is 25.6 Å². The van der Waals surface area contributed by atoms with E-state index in [-0.39, 0.29) is 5.92 Å². The molecule has 0 spiro atoms. The SMILES string of the molecule is COCCN(C(=O)[C@@H]1C[C@@H]1c1ccccc1OC)C1CCCC1. The van der Waals surface area contributed by atoms with Gasteiger partial charge in [0.25, 0.3) is 0 Å². The molecular weight excluding hydrogens is 290 g/mol. The van der Waals surface area contributed by atoms with Crippen molar-refractivity contribution in [3.8, 4) is 5.75 Å². The van der Waals surface area contributed by atoms with Crippen LogP contribution >= 0.6 is 0 Å². The maximum atomic E-state index is 13.0. The third-order valence-corrected chi connectivity index (χ3v) is 5.23. The van der Waals surface area contributed by atoms with E-state index >= 15 is 0 Å². The maximum Gasteiger partial charge on any atom is 0.226 e. The number of hydrogen-bond donors (Lipinski definition) is 0. The number of benzene rings is 1. The fraction of sp³-hybridized carbons (Fsp3) is 0.632. The number of carbonyl (C=O) groups is 1. The third kappa shape index (κ3) is 3.52. The lowest BCUT2D eigenvalue weighted by atomic mass is 10.1. The van der Waals surface area contributed by atoms with Crippen LogP contribution < -0.4 is 4.74 Å². The molecule has 0 aromatic heterocycles. The van der Waals surface area contributed by atoms with Gasteiger partial charge in [-0.3, -0.25) is 4.79 Å². The third-order valence-electron chi connectivity index (χ3n) is 5.23. The van der Waals surface area contributed by atoms with Crippen LogP contribution in [0.1, 0.15) is 43.6 Å². The van der Waals surface area contributed by atoms with Gasteiger partial charge in [0.05, 0.1) is 13.7 Å². The molecule has 2 aliphatic rings. The van der Waals surface area contributed by atoms with Gasteiger partial charge in [0.15, 0.2) is 0 Å². The molecule has 2 aliphatic carbocycles. The number of para-hydroxylation sites is 1. The zero-order valence-electron chi connectivity index (χ0n) is 14.2. The van der Waals surface area contributed by atoms with E-state index in [1.165, 1.54) is 18.4 Å². The van der Waals surface area contributed by atoms with E-state index in [0.717, 1.165) is 31.6 Å². The molecule has 1 amide bonds. The summed E-state index contributed by atoms with van der Waals surface area (Å²) in [5.74, 6) is 1.64. The highest BCUT2D eigenvalue weighted by Crippen LogP contribution is 2.51. The highest BCUT2D eigenvalue weighted by atomic mass is 16.5. The average molecular weight is 317 g/mol. The fourth-order valence-electron chi connectivity index (χ4n) is 3.88. The van der Waals surface area contributed by atoms with E-state index < -0.39 is 0 Å². The van der Waals surface area contributed by atoms with Gasteiger partial charge >= 0.3 is 0 Å². The predicted octanol–water partition coefficient (Wildman–Crippen LogP) is 3.22. The van der Waals surface area contributed by atoms with Crippen molar-refractivity contribution in [1.82, 2.24) is 4.90 Å². The molecule has 0 N–H and O–H groups in total. The normalized spacial score (nSPS) is 23.7. The van der Waals surface area contributed by atoms with Crippen molar-refractivity contribution in [2.75, 3.05) is 27.4 Å². The molecule has 0 unspecified atom stereocenters. The van der Waals surface area contributed by atoms with Gasteiger partial charge in [0.2, 0.25) is 5.91 Å². The number of nitrogens with zero attached hydrogens (tertiary/aromatic N) is 1. The van der Waals surface area contributed by atoms with Gasteiger partial charge in [-0.15, -0.1) is 0 Å². The Morgan fingerprint density at radius 2 is 1.96 bits per heavy atom. The van der Waals surface area contributed by atoms with Crippen LogP contribution in [0.5, 0.6) is 5.75 Å². The summed E-state index contributed by atoms with van der Waals surface area (Å²) in [4.78, 5) is 15.1. The molecule has 0 radical (unpaired) electrons. The second-order valence-electron chi connectivity index (χ2n) is 6.65. The second kappa shape index (κ2) is 7.35. The standard InChI is InChI=1S/C19H27NO3/c1-22-12-11-20(14-7-3-4-8-14)19(21)17-13-16(17)15-9-5-6-10-18(15)23-2/h5-6,9-10,14,16-17H,3-4,7-8,11-13H2,1-2H3/t16-,17-/m1/s1. The molecule has 2 saturated carbocycles. The minimum absolute atomic E-state index is 0.115. The molecule has 1 aromatic rings. The number of ether oxygens (including phenoxy) is 2. The summed E-state index contributed by atoms with van der Waals surface area (Å²) in [5.41, 5.74) is 1.17. The van der Waals surface area contributed by atoms with Gasteiger partial charge in [-0.2, -0.15) is 0 Å². The van der Waals surface area contributed by atoms with Crippen molar-refractivity contribution < 1.29 is 14.3 Å². The second-order valence-corrected chi connectivity index (χ2v) is 6.65. The van der Waals surface area contributed by atoms with Crippen LogP contribution in [0.3, 0.4) is 0 Å². The molecule has 1 aromatic carbocycles. The molecular formula is C19H27NO3. The van der Waals surface area contributed by atoms with Gasteiger partial charge in [-0.25, -0.2) is 0 Å². The van der Waals surface area contributed by atoms with Crippen LogP contribution in [0, 0.1) is 5.92 Å². The lowest BCUT2D eigenvalue weighted by molar-refractivity contribution is -0.135. The molecule has 0 bridgehead atoms. The number of amides is 1. The van der Waals surface area contributed by atoms with Gasteiger partial charge in [-0.1, -0.05) is 31.0 Å². The average Bonchev–Trinajstić information content (AvgIpc) is 3.21. The van der Waals surface area contributed by atoms with E-state index in [2.05, 4.69) is 11.0 Å². The number of hydrogen-bond acceptors (Lipinski definition) is 3. The van der Waals surface area contributed by atoms with Crippen molar-refractivity contribution in [3.63, 3.8) is 0 Å². The Balaban J connectivity index is 1.69. The zero-order chi connectivity index (χ0) is 16.2. The van der Waals surface area contributed by atoms with E-state index in [4.69, 9.17) is 9.47 Å². The Morgan fingerprint density at radius 1 is 1.22 bits per heavy atom. The minimum atomic E-state index is 0.115. The lowest BCUT2D eigenvalue weighted by Crippen LogP contribution is -2.42. The summed E-state index contributed by atoms with van der Waals surface area (Å²) in [5, 5.41) is 0. The first-order chi connectivity index (χ1) is 11.3. The first-order valence-corrected chi connectivity index (χ1v) is 8.68. The topological polar surface area (TPSA) is 38.8 Å². The summed E-state index contributed by atoms with van der Waals surface area (Å²) in [6.07, 6.45) is 5.70. The Labute approximate surface area is 138 Å². The van der Waals surface area contributed by atoms with Gasteiger partial charge < -0.3 is 14.4 Å². The first kappa shape index (κ1) is 16.3. The van der Waals surface area contributed by atoms with Crippen LogP contribution in [0.15, 0.2) is 24.3 Å². The molecule has 2 atom stereocenters. The van der Waals surface area contributed by atoms with Crippen LogP contribution in [-0.4, -0.2) is 44.2 Å². The first-order valence-electron chi connectivity index (χ1n) is 8.68. The fourth-order valence-corrected chi connectivity index (χ4v) is 3.88. The zero-order valence-corrected chi connectivity index (χ0v) is 14.2. The van der Waals surface area contributed by atoms with Crippen LogP contribution in [-0.2, 0) is 9.53 Å². The molecule has 23 heavy (non-hydrogen) atoms. The van der Waals surface area contributed by atoms with E-state index in [9.17, 15) is 4.79 Å². The number of rotatable bonds is 7. The number of carbonyl (C=O) groups excluding carboxylic acids is 1. The number of methoxy groups -OCH3 is 2. The van der Waals surface area contributed by atoms with Crippen molar-refractivity contribution in [2.24, 2.45) is 5.92 Å². The largest absolute Gasteiger partial charge is 0.496 e. The quantitative estimate of drug-likeness (QED) is 0.775. The van der Waals surface area contributed by atoms with Gasteiger partial charge in [-0.05, 0) is 36.8 Å². The molecule has 4 heteroatoms. The molecule has 126 valence electrons. The van der Waals surface area contributed by atoms with Crippen molar-refractivity contribution >= 4 is 5.91 Å². The monoisotopic (exact) mass is 317 g/mol. The smallest absolute Gasteiger partial charge is 0.226 e. The van der Waals surface area contributed by atoms with E-state index in [1.54, 1.807) is 14.2 Å². The molecule has 4 nitrogen and oxygen atoms in total. The molecule has 0 heterocycles. The predicted molar refractivity (Wildman–Crippen MR) is 89.7 cm³/mol. The molecule has 0 saturated heterocycles. The van der Waals surface area contributed by atoms with Crippen LogP contribution in [0.25, 0.3) is 0 Å². The Morgan fingerprint density at radius 3 is 2.65 bits per heavy atom. The Bertz CT molecular complexity index is 539.